The highest BCUT2D eigenvalue weighted by molar-refractivity contribution is 4.89. The van der Waals surface area contributed by atoms with Gasteiger partial charge in [0, 0.05) is 13.0 Å². The van der Waals surface area contributed by atoms with E-state index in [1.165, 1.54) is 6.42 Å². The molecule has 1 aliphatic rings. The Kier molecular flexibility index (Phi) is 4.35. The first kappa shape index (κ1) is 12.0. The maximum absolute atomic E-state index is 10.1. The van der Waals surface area contributed by atoms with Crippen LogP contribution in [-0.4, -0.2) is 35.0 Å². The van der Waals surface area contributed by atoms with Gasteiger partial charge in [-0.05, 0) is 32.2 Å². The molecule has 84 valence electrons. The molecule has 1 aliphatic carbocycles. The highest BCUT2D eigenvalue weighted by Gasteiger charge is 2.37. The van der Waals surface area contributed by atoms with E-state index in [1.54, 1.807) is 0 Å². The number of hydrogen-bond acceptors (Lipinski definition) is 3. The molecule has 0 spiro atoms. The molecular weight excluding hydrogens is 178 g/mol. The van der Waals surface area contributed by atoms with Crippen LogP contribution in [0, 0.1) is 5.92 Å². The lowest BCUT2D eigenvalue weighted by atomic mass is 9.71. The first-order valence-electron chi connectivity index (χ1n) is 5.67. The molecule has 3 heteroatoms. The van der Waals surface area contributed by atoms with E-state index in [0.717, 1.165) is 19.4 Å². The minimum Gasteiger partial charge on any atom is -0.392 e. The highest BCUT2D eigenvalue weighted by atomic mass is 16.3. The minimum atomic E-state index is -0.674. The zero-order valence-electron chi connectivity index (χ0n) is 9.29. The molecule has 14 heavy (non-hydrogen) atoms. The normalized spacial score (nSPS) is 24.0. The second kappa shape index (κ2) is 5.10. The quantitative estimate of drug-likeness (QED) is 0.598. The Morgan fingerprint density at radius 1 is 1.50 bits per heavy atom. The van der Waals surface area contributed by atoms with Crippen LogP contribution in [0.1, 0.15) is 39.5 Å². The average Bonchev–Trinajstić information content (AvgIpc) is 1.95. The van der Waals surface area contributed by atoms with Crippen molar-refractivity contribution in [1.29, 1.82) is 0 Å². The van der Waals surface area contributed by atoms with Crippen molar-refractivity contribution in [3.63, 3.8) is 0 Å². The van der Waals surface area contributed by atoms with Crippen LogP contribution in [0.3, 0.4) is 0 Å². The summed E-state index contributed by atoms with van der Waals surface area (Å²) in [6.45, 7) is 5.31. The number of aliphatic hydroxyl groups is 2. The van der Waals surface area contributed by atoms with Crippen molar-refractivity contribution < 1.29 is 10.2 Å². The van der Waals surface area contributed by atoms with Crippen molar-refractivity contribution in [2.75, 3.05) is 13.1 Å². The standard InChI is InChI=1S/C11H23NO2/c1-3-12-8-10(13)7-11(2,14)9-5-4-6-9/h9-10,12-14H,3-8H2,1-2H3/t10-,11-/m0/s1. The smallest absolute Gasteiger partial charge is 0.0691 e. The number of rotatable bonds is 6. The Balaban J connectivity index is 2.25. The Morgan fingerprint density at radius 2 is 2.14 bits per heavy atom. The van der Waals surface area contributed by atoms with Crippen molar-refractivity contribution in [2.24, 2.45) is 5.92 Å². The van der Waals surface area contributed by atoms with Gasteiger partial charge in [-0.2, -0.15) is 0 Å². The molecule has 0 aromatic rings. The van der Waals surface area contributed by atoms with Crippen molar-refractivity contribution in [3.8, 4) is 0 Å². The third-order valence-corrected chi connectivity index (χ3v) is 3.26. The van der Waals surface area contributed by atoms with Gasteiger partial charge in [-0.15, -0.1) is 0 Å². The minimum absolute atomic E-state index is 0.402. The Hall–Kier alpha value is -0.120. The van der Waals surface area contributed by atoms with Gasteiger partial charge in [0.2, 0.25) is 0 Å². The van der Waals surface area contributed by atoms with Gasteiger partial charge >= 0.3 is 0 Å². The first-order valence-corrected chi connectivity index (χ1v) is 5.67. The van der Waals surface area contributed by atoms with E-state index in [-0.39, 0.29) is 0 Å². The third kappa shape index (κ3) is 3.23. The second-order valence-corrected chi connectivity index (χ2v) is 4.65. The fourth-order valence-electron chi connectivity index (χ4n) is 2.06. The van der Waals surface area contributed by atoms with Gasteiger partial charge in [0.05, 0.1) is 11.7 Å². The predicted molar refractivity (Wildman–Crippen MR) is 57.1 cm³/mol. The van der Waals surface area contributed by atoms with Crippen LogP contribution >= 0.6 is 0 Å². The topological polar surface area (TPSA) is 52.5 Å². The first-order chi connectivity index (χ1) is 6.56. The van der Waals surface area contributed by atoms with Crippen LogP contribution in [0.15, 0.2) is 0 Å². The number of hydrogen-bond donors (Lipinski definition) is 3. The Morgan fingerprint density at radius 3 is 2.57 bits per heavy atom. The van der Waals surface area contributed by atoms with Crippen LogP contribution in [0.2, 0.25) is 0 Å². The number of nitrogens with one attached hydrogen (secondary N) is 1. The summed E-state index contributed by atoms with van der Waals surface area (Å²) < 4.78 is 0. The molecule has 0 unspecified atom stereocenters. The summed E-state index contributed by atoms with van der Waals surface area (Å²) in [7, 11) is 0. The van der Waals surface area contributed by atoms with Gasteiger partial charge in [-0.25, -0.2) is 0 Å². The fraction of sp³-hybridized carbons (Fsp3) is 1.00. The molecule has 3 N–H and O–H groups in total. The average molecular weight is 201 g/mol. The zero-order valence-corrected chi connectivity index (χ0v) is 9.29. The molecule has 0 aliphatic heterocycles. The molecule has 0 saturated heterocycles. The molecule has 0 aromatic heterocycles. The molecule has 1 saturated carbocycles. The summed E-state index contributed by atoms with van der Waals surface area (Å²) in [6, 6.07) is 0. The van der Waals surface area contributed by atoms with Gasteiger partial charge in [0.25, 0.3) is 0 Å². The second-order valence-electron chi connectivity index (χ2n) is 4.65. The van der Waals surface area contributed by atoms with E-state index in [1.807, 2.05) is 13.8 Å². The highest BCUT2D eigenvalue weighted by Crippen LogP contribution is 2.38. The molecular formula is C11H23NO2. The maximum Gasteiger partial charge on any atom is 0.0691 e. The summed E-state index contributed by atoms with van der Waals surface area (Å²) >= 11 is 0. The largest absolute Gasteiger partial charge is 0.392 e. The zero-order chi connectivity index (χ0) is 10.6. The van der Waals surface area contributed by atoms with Crippen LogP contribution in [0.25, 0.3) is 0 Å². The summed E-state index contributed by atoms with van der Waals surface area (Å²) in [4.78, 5) is 0. The lowest BCUT2D eigenvalue weighted by Gasteiger charge is -2.40. The van der Waals surface area contributed by atoms with Gasteiger partial charge < -0.3 is 15.5 Å². The third-order valence-electron chi connectivity index (χ3n) is 3.26. The van der Waals surface area contributed by atoms with Crippen molar-refractivity contribution in [1.82, 2.24) is 5.32 Å². The predicted octanol–water partition coefficient (Wildman–Crippen LogP) is 0.898. The van der Waals surface area contributed by atoms with Crippen LogP contribution < -0.4 is 5.32 Å². The summed E-state index contributed by atoms with van der Waals surface area (Å²) in [5, 5.41) is 22.9. The van der Waals surface area contributed by atoms with E-state index in [4.69, 9.17) is 0 Å². The molecule has 1 fully saturated rings. The molecule has 0 radical (unpaired) electrons. The van der Waals surface area contributed by atoms with Crippen LogP contribution in [0.5, 0.6) is 0 Å². The van der Waals surface area contributed by atoms with Crippen molar-refractivity contribution in [2.45, 2.75) is 51.2 Å². The molecule has 1 rings (SSSR count). The Bertz CT molecular complexity index is 167. The van der Waals surface area contributed by atoms with Gasteiger partial charge in [0.1, 0.15) is 0 Å². The molecule has 0 amide bonds. The SMILES string of the molecule is CCNC[C@@H](O)C[C@](C)(O)C1CCC1. The van der Waals surface area contributed by atoms with E-state index in [9.17, 15) is 10.2 Å². The van der Waals surface area contributed by atoms with Crippen molar-refractivity contribution in [3.05, 3.63) is 0 Å². The summed E-state index contributed by atoms with van der Waals surface area (Å²) in [6.07, 6.45) is 3.52. The van der Waals surface area contributed by atoms with E-state index in [0.29, 0.717) is 18.9 Å². The Labute approximate surface area is 86.5 Å². The maximum atomic E-state index is 10.1. The summed E-state index contributed by atoms with van der Waals surface area (Å²) in [5.41, 5.74) is -0.674. The molecule has 0 bridgehead atoms. The van der Waals surface area contributed by atoms with E-state index < -0.39 is 11.7 Å². The molecule has 2 atom stereocenters. The molecule has 0 aromatic carbocycles. The van der Waals surface area contributed by atoms with Crippen molar-refractivity contribution >= 4 is 0 Å². The van der Waals surface area contributed by atoms with E-state index in [2.05, 4.69) is 5.32 Å². The van der Waals surface area contributed by atoms with Crippen LogP contribution in [0.4, 0.5) is 0 Å². The molecule has 3 nitrogen and oxygen atoms in total. The lowest BCUT2D eigenvalue weighted by molar-refractivity contribution is -0.0665. The monoisotopic (exact) mass is 201 g/mol. The van der Waals surface area contributed by atoms with E-state index >= 15 is 0 Å². The number of likely N-dealkylation sites (N-methyl/N-ethyl adjacent to an activating group) is 1. The van der Waals surface area contributed by atoms with Crippen LogP contribution in [-0.2, 0) is 0 Å². The fourth-order valence-corrected chi connectivity index (χ4v) is 2.06. The van der Waals surface area contributed by atoms with Gasteiger partial charge in [-0.1, -0.05) is 13.3 Å². The van der Waals surface area contributed by atoms with Gasteiger partial charge in [-0.3, -0.25) is 0 Å². The lowest BCUT2D eigenvalue weighted by Crippen LogP contribution is -2.43. The summed E-state index contributed by atoms with van der Waals surface area (Å²) in [5.74, 6) is 0.402. The van der Waals surface area contributed by atoms with Gasteiger partial charge in [0.15, 0.2) is 0 Å². The molecule has 0 heterocycles. The number of aliphatic hydroxyl groups excluding tert-OH is 1.